The van der Waals surface area contributed by atoms with Crippen molar-refractivity contribution >= 4 is 44.8 Å². The van der Waals surface area contributed by atoms with E-state index in [1.165, 1.54) is 28.7 Å². The van der Waals surface area contributed by atoms with Crippen molar-refractivity contribution in [2.45, 2.75) is 25.3 Å². The molecule has 1 aromatic carbocycles. The van der Waals surface area contributed by atoms with Gasteiger partial charge in [-0.05, 0) is 24.3 Å². The van der Waals surface area contributed by atoms with Crippen LogP contribution in [0.3, 0.4) is 0 Å². The second-order valence-corrected chi connectivity index (χ2v) is 8.35. The summed E-state index contributed by atoms with van der Waals surface area (Å²) in [7, 11) is -3.74. The van der Waals surface area contributed by atoms with E-state index in [2.05, 4.69) is 5.32 Å². The van der Waals surface area contributed by atoms with E-state index in [0.29, 0.717) is 23.8 Å². The number of hydrogen-bond donors (Lipinski definition) is 1. The zero-order chi connectivity index (χ0) is 20.2. The van der Waals surface area contributed by atoms with E-state index < -0.39 is 21.5 Å². The second-order valence-electron chi connectivity index (χ2n) is 5.60. The molecule has 0 radical (unpaired) electrons. The van der Waals surface area contributed by atoms with Crippen LogP contribution in [-0.4, -0.2) is 36.3 Å². The Bertz CT molecular complexity index is 1000. The highest BCUT2D eigenvalue weighted by molar-refractivity contribution is 7.89. The summed E-state index contributed by atoms with van der Waals surface area (Å²) in [5, 5.41) is 3.21. The molecule has 10 heteroatoms. The fraction of sp³-hybridized carbons (Fsp3) is 0.294. The number of nitrogens with one attached hydrogen (secondary N) is 1. The van der Waals surface area contributed by atoms with Gasteiger partial charge in [0.2, 0.25) is 15.9 Å². The molecule has 0 aliphatic carbocycles. The first kappa shape index (κ1) is 21.4. The van der Waals surface area contributed by atoms with E-state index in [-0.39, 0.29) is 16.5 Å². The summed E-state index contributed by atoms with van der Waals surface area (Å²) in [6.45, 7) is 3.70. The molecule has 0 spiro atoms. The third-order valence-corrected chi connectivity index (χ3v) is 6.59. The Hall–Kier alpha value is -1.87. The Labute approximate surface area is 167 Å². The molecule has 0 aliphatic heterocycles. The van der Waals surface area contributed by atoms with Crippen molar-refractivity contribution in [2.24, 2.45) is 0 Å². The molecule has 1 aromatic heterocycles. The molecule has 0 bridgehead atoms. The average Bonchev–Trinajstić information content (AvgIpc) is 2.60. The maximum atomic E-state index is 12.6. The zero-order valence-electron chi connectivity index (χ0n) is 14.8. The lowest BCUT2D eigenvalue weighted by Crippen LogP contribution is -2.33. The van der Waals surface area contributed by atoms with Gasteiger partial charge < -0.3 is 9.88 Å². The highest BCUT2D eigenvalue weighted by Gasteiger charge is 2.22. The van der Waals surface area contributed by atoms with Gasteiger partial charge in [-0.3, -0.25) is 9.59 Å². The van der Waals surface area contributed by atoms with E-state index in [0.717, 1.165) is 10.6 Å². The van der Waals surface area contributed by atoms with E-state index in [1.807, 2.05) is 0 Å². The smallest absolute Gasteiger partial charge is 0.251 e. The third kappa shape index (κ3) is 5.10. The Balaban J connectivity index is 2.24. The van der Waals surface area contributed by atoms with Gasteiger partial charge in [0.15, 0.2) is 0 Å². The first-order valence-corrected chi connectivity index (χ1v) is 10.3. The maximum Gasteiger partial charge on any atom is 0.251 e. The number of rotatable bonds is 7. The predicted octanol–water partition coefficient (Wildman–Crippen LogP) is 2.82. The minimum Gasteiger partial charge on any atom is -0.324 e. The molecule has 7 nitrogen and oxygen atoms in total. The maximum absolute atomic E-state index is 12.6. The van der Waals surface area contributed by atoms with Crippen molar-refractivity contribution < 1.29 is 13.2 Å². The fourth-order valence-corrected chi connectivity index (χ4v) is 4.20. The van der Waals surface area contributed by atoms with Gasteiger partial charge in [-0.1, -0.05) is 37.0 Å². The lowest BCUT2D eigenvalue weighted by Gasteiger charge is -2.19. The normalized spacial score (nSPS) is 11.6. The number of aromatic nitrogens is 1. The van der Waals surface area contributed by atoms with Crippen molar-refractivity contribution in [1.29, 1.82) is 0 Å². The first-order chi connectivity index (χ1) is 12.7. The van der Waals surface area contributed by atoms with Gasteiger partial charge in [0, 0.05) is 31.0 Å². The van der Waals surface area contributed by atoms with Gasteiger partial charge in [0.25, 0.3) is 5.56 Å². The minimum absolute atomic E-state index is 0.0480. The largest absolute Gasteiger partial charge is 0.324 e. The fourth-order valence-electron chi connectivity index (χ4n) is 2.43. The third-order valence-electron chi connectivity index (χ3n) is 3.82. The van der Waals surface area contributed by atoms with Crippen LogP contribution in [0.1, 0.15) is 13.8 Å². The van der Waals surface area contributed by atoms with Crippen LogP contribution in [-0.2, 0) is 21.4 Å². The monoisotopic (exact) mass is 431 g/mol. The number of anilines is 1. The highest BCUT2D eigenvalue weighted by Crippen LogP contribution is 2.25. The van der Waals surface area contributed by atoms with Gasteiger partial charge in [0.1, 0.15) is 6.54 Å². The number of benzene rings is 1. The molecular weight excluding hydrogens is 413 g/mol. The molecule has 146 valence electrons. The summed E-state index contributed by atoms with van der Waals surface area (Å²) in [4.78, 5) is 24.2. The average molecular weight is 432 g/mol. The van der Waals surface area contributed by atoms with Crippen molar-refractivity contribution in [3.63, 3.8) is 0 Å². The molecular formula is C17H19Cl2N3O4S. The Morgan fingerprint density at radius 2 is 1.78 bits per heavy atom. The molecule has 0 fully saturated rings. The van der Waals surface area contributed by atoms with Crippen LogP contribution in [0, 0.1) is 0 Å². The summed E-state index contributed by atoms with van der Waals surface area (Å²) in [6, 6.07) is 6.94. The lowest BCUT2D eigenvalue weighted by molar-refractivity contribution is -0.116. The number of carbonyl (C=O) groups is 1. The van der Waals surface area contributed by atoms with Crippen molar-refractivity contribution in [3.05, 3.63) is 56.9 Å². The van der Waals surface area contributed by atoms with E-state index in [1.54, 1.807) is 19.9 Å². The Morgan fingerprint density at radius 1 is 1.11 bits per heavy atom. The first-order valence-electron chi connectivity index (χ1n) is 8.14. The molecule has 0 atom stereocenters. The topological polar surface area (TPSA) is 88.5 Å². The van der Waals surface area contributed by atoms with Crippen molar-refractivity contribution in [2.75, 3.05) is 18.4 Å². The number of hydrogen-bond acceptors (Lipinski definition) is 4. The minimum atomic E-state index is -3.74. The number of sulfonamides is 1. The van der Waals surface area contributed by atoms with Gasteiger partial charge in [-0.15, -0.1) is 0 Å². The zero-order valence-corrected chi connectivity index (χ0v) is 17.1. The number of halogens is 2. The van der Waals surface area contributed by atoms with Gasteiger partial charge >= 0.3 is 0 Å². The Morgan fingerprint density at radius 3 is 2.37 bits per heavy atom. The number of amides is 1. The molecule has 1 amide bonds. The number of carbonyl (C=O) groups excluding carboxylic acids is 1. The molecule has 0 saturated carbocycles. The summed E-state index contributed by atoms with van der Waals surface area (Å²) in [5.74, 6) is -0.507. The van der Waals surface area contributed by atoms with Crippen LogP contribution in [0.2, 0.25) is 10.0 Å². The Kier molecular flexibility index (Phi) is 7.05. The van der Waals surface area contributed by atoms with Crippen LogP contribution in [0.5, 0.6) is 0 Å². The summed E-state index contributed by atoms with van der Waals surface area (Å²) in [6.07, 6.45) is 1.17. The van der Waals surface area contributed by atoms with Gasteiger partial charge in [0.05, 0.1) is 14.9 Å². The summed E-state index contributed by atoms with van der Waals surface area (Å²) in [5.41, 5.74) is -0.0767. The molecule has 2 rings (SSSR count). The molecule has 27 heavy (non-hydrogen) atoms. The van der Waals surface area contributed by atoms with E-state index in [4.69, 9.17) is 23.2 Å². The van der Waals surface area contributed by atoms with Crippen molar-refractivity contribution in [3.8, 4) is 0 Å². The standard InChI is InChI=1S/C17H19Cl2N3O4S/c1-3-22(4-2)27(25,26)13-6-8-17(24)21(10-13)11-16(23)20-12-5-7-14(18)15(19)9-12/h5-10H,3-4,11H2,1-2H3,(H,20,23). The van der Waals surface area contributed by atoms with Crippen LogP contribution in [0.25, 0.3) is 0 Å². The quantitative estimate of drug-likeness (QED) is 0.729. The summed E-state index contributed by atoms with van der Waals surface area (Å²) < 4.78 is 27.5. The summed E-state index contributed by atoms with van der Waals surface area (Å²) >= 11 is 11.7. The molecule has 0 unspecified atom stereocenters. The highest BCUT2D eigenvalue weighted by atomic mass is 35.5. The predicted molar refractivity (Wildman–Crippen MR) is 106 cm³/mol. The van der Waals surface area contributed by atoms with E-state index >= 15 is 0 Å². The van der Waals surface area contributed by atoms with Gasteiger partial charge in [-0.25, -0.2) is 8.42 Å². The van der Waals surface area contributed by atoms with E-state index in [9.17, 15) is 18.0 Å². The number of pyridine rings is 1. The van der Waals surface area contributed by atoms with Crippen molar-refractivity contribution in [1.82, 2.24) is 8.87 Å². The molecule has 0 saturated heterocycles. The molecule has 1 N–H and O–H groups in total. The van der Waals surface area contributed by atoms with Crippen LogP contribution in [0.15, 0.2) is 46.2 Å². The van der Waals surface area contributed by atoms with Crippen LogP contribution in [0.4, 0.5) is 5.69 Å². The molecule has 0 aliphatic rings. The SMILES string of the molecule is CCN(CC)S(=O)(=O)c1ccc(=O)n(CC(=O)Nc2ccc(Cl)c(Cl)c2)c1. The van der Waals surface area contributed by atoms with Gasteiger partial charge in [-0.2, -0.15) is 4.31 Å². The second kappa shape index (κ2) is 8.88. The number of nitrogens with zero attached hydrogens (tertiary/aromatic N) is 2. The van der Waals surface area contributed by atoms with Crippen LogP contribution < -0.4 is 10.9 Å². The molecule has 2 aromatic rings. The molecule has 1 heterocycles. The lowest BCUT2D eigenvalue weighted by atomic mass is 10.3. The van der Waals surface area contributed by atoms with Crippen LogP contribution >= 0.6 is 23.2 Å².